The highest BCUT2D eigenvalue weighted by molar-refractivity contribution is 6.32. The van der Waals surface area contributed by atoms with Crippen molar-refractivity contribution in [1.82, 2.24) is 0 Å². The van der Waals surface area contributed by atoms with Gasteiger partial charge >= 0.3 is 0 Å². The fourth-order valence-electron chi connectivity index (χ4n) is 0.824. The van der Waals surface area contributed by atoms with E-state index in [0.29, 0.717) is 5.46 Å². The Morgan fingerprint density at radius 3 is 2.31 bits per heavy atom. The third-order valence-corrected chi connectivity index (χ3v) is 1.47. The van der Waals surface area contributed by atoms with Crippen molar-refractivity contribution < 1.29 is 9.84 Å². The van der Waals surface area contributed by atoms with Crippen LogP contribution < -0.4 is 10.2 Å². The molecule has 2 nitrogen and oxygen atoms in total. The van der Waals surface area contributed by atoms with E-state index in [1.54, 1.807) is 38.1 Å². The maximum atomic E-state index is 9.38. The van der Waals surface area contributed by atoms with Gasteiger partial charge in [-0.3, -0.25) is 0 Å². The second-order valence-electron chi connectivity index (χ2n) is 3.67. The van der Waals surface area contributed by atoms with Crippen LogP contribution in [0.5, 0.6) is 5.75 Å². The zero-order chi connectivity index (χ0) is 9.90. The molecule has 68 valence electrons. The topological polar surface area (TPSA) is 29.5 Å². The molecule has 0 heterocycles. The van der Waals surface area contributed by atoms with Gasteiger partial charge in [0.25, 0.3) is 0 Å². The Morgan fingerprint density at radius 2 is 1.85 bits per heavy atom. The van der Waals surface area contributed by atoms with E-state index in [-0.39, 0.29) is 6.61 Å². The molecule has 0 aliphatic rings. The Hall–Kier alpha value is -0.955. The first-order valence-corrected chi connectivity index (χ1v) is 4.18. The zero-order valence-electron chi connectivity index (χ0n) is 7.95. The Bertz CT molecular complexity index is 261. The third kappa shape index (κ3) is 3.99. The first-order chi connectivity index (χ1) is 5.97. The molecule has 2 radical (unpaired) electrons. The monoisotopic (exact) mass is 176 g/mol. The second-order valence-corrected chi connectivity index (χ2v) is 3.67. The molecule has 0 amide bonds. The summed E-state index contributed by atoms with van der Waals surface area (Å²) in [7, 11) is 5.50. The fraction of sp³-hybridized carbons (Fsp3) is 0.400. The van der Waals surface area contributed by atoms with Gasteiger partial charge in [0.1, 0.15) is 20.2 Å². The molecule has 3 heteroatoms. The minimum atomic E-state index is -0.804. The van der Waals surface area contributed by atoms with E-state index in [9.17, 15) is 5.11 Å². The third-order valence-electron chi connectivity index (χ3n) is 1.47. The van der Waals surface area contributed by atoms with Gasteiger partial charge in [0.15, 0.2) is 0 Å². The molecule has 0 saturated carbocycles. The Balaban J connectivity index is 2.51. The van der Waals surface area contributed by atoms with Crippen molar-refractivity contribution in [1.29, 1.82) is 0 Å². The number of ether oxygens (including phenoxy) is 1. The summed E-state index contributed by atoms with van der Waals surface area (Å²) in [6.07, 6.45) is 0. The largest absolute Gasteiger partial charge is 0.491 e. The molecule has 0 fully saturated rings. The minimum Gasteiger partial charge on any atom is -0.491 e. The van der Waals surface area contributed by atoms with E-state index < -0.39 is 5.60 Å². The van der Waals surface area contributed by atoms with Crippen LogP contribution in [0.2, 0.25) is 0 Å². The van der Waals surface area contributed by atoms with E-state index in [0.717, 1.165) is 5.75 Å². The van der Waals surface area contributed by atoms with Crippen molar-refractivity contribution in [3.63, 3.8) is 0 Å². The highest BCUT2D eigenvalue weighted by Gasteiger charge is 2.12. The van der Waals surface area contributed by atoms with Crippen LogP contribution in [0.4, 0.5) is 0 Å². The van der Waals surface area contributed by atoms with E-state index in [4.69, 9.17) is 12.6 Å². The number of benzene rings is 1. The summed E-state index contributed by atoms with van der Waals surface area (Å²) in [4.78, 5) is 0. The normalized spacial score (nSPS) is 11.3. The molecule has 0 saturated heterocycles. The van der Waals surface area contributed by atoms with Crippen LogP contribution in [0.15, 0.2) is 24.3 Å². The number of hydrogen-bond donors (Lipinski definition) is 1. The molecule has 0 aliphatic carbocycles. The molecule has 0 atom stereocenters. The summed E-state index contributed by atoms with van der Waals surface area (Å²) in [5.74, 6) is 0.719. The van der Waals surface area contributed by atoms with Crippen LogP contribution in [-0.2, 0) is 0 Å². The van der Waals surface area contributed by atoms with E-state index >= 15 is 0 Å². The Morgan fingerprint density at radius 1 is 1.31 bits per heavy atom. The van der Waals surface area contributed by atoms with Gasteiger partial charge in [-0.1, -0.05) is 17.6 Å². The number of hydrogen-bond acceptors (Lipinski definition) is 2. The molecule has 0 unspecified atom stereocenters. The first kappa shape index (κ1) is 10.1. The van der Waals surface area contributed by atoms with Crippen LogP contribution in [0.1, 0.15) is 13.8 Å². The van der Waals surface area contributed by atoms with Crippen molar-refractivity contribution in [2.24, 2.45) is 0 Å². The van der Waals surface area contributed by atoms with Crippen molar-refractivity contribution in [3.05, 3.63) is 24.3 Å². The van der Waals surface area contributed by atoms with Crippen LogP contribution in [0, 0.1) is 0 Å². The van der Waals surface area contributed by atoms with Crippen LogP contribution >= 0.6 is 0 Å². The Labute approximate surface area is 80.0 Å². The van der Waals surface area contributed by atoms with E-state index in [1.165, 1.54) is 0 Å². The lowest BCUT2D eigenvalue weighted by Crippen LogP contribution is -2.27. The van der Waals surface area contributed by atoms with Gasteiger partial charge in [-0.15, -0.1) is 0 Å². The molecule has 13 heavy (non-hydrogen) atoms. The van der Waals surface area contributed by atoms with Crippen LogP contribution in [-0.4, -0.2) is 25.2 Å². The molecule has 1 aromatic rings. The quantitative estimate of drug-likeness (QED) is 0.684. The predicted octanol–water partition coefficient (Wildman–Crippen LogP) is 0.630. The summed E-state index contributed by atoms with van der Waals surface area (Å²) in [6, 6.07) is 7.08. The van der Waals surface area contributed by atoms with Gasteiger partial charge in [0.05, 0.1) is 5.60 Å². The smallest absolute Gasteiger partial charge is 0.119 e. The standard InChI is InChI=1S/C10H13BO2/c1-10(2,12)7-13-9-5-3-8(11)4-6-9/h3-6,12H,7H2,1-2H3. The summed E-state index contributed by atoms with van der Waals surface area (Å²) in [5.41, 5.74) is -0.0999. The average molecular weight is 176 g/mol. The van der Waals surface area contributed by atoms with Crippen molar-refractivity contribution in [3.8, 4) is 5.75 Å². The number of rotatable bonds is 3. The Kier molecular flexibility index (Phi) is 2.99. The highest BCUT2D eigenvalue weighted by Crippen LogP contribution is 2.10. The predicted molar refractivity (Wildman–Crippen MR) is 53.6 cm³/mol. The zero-order valence-corrected chi connectivity index (χ0v) is 7.95. The van der Waals surface area contributed by atoms with Gasteiger partial charge in [0.2, 0.25) is 0 Å². The molecule has 1 rings (SSSR count). The molecule has 0 bridgehead atoms. The molecular formula is C10H13BO2. The maximum Gasteiger partial charge on any atom is 0.119 e. The molecule has 1 N–H and O–H groups in total. The first-order valence-electron chi connectivity index (χ1n) is 4.18. The molecule has 1 aromatic carbocycles. The second kappa shape index (κ2) is 3.84. The molecule has 0 spiro atoms. The van der Waals surface area contributed by atoms with Gasteiger partial charge < -0.3 is 9.84 Å². The van der Waals surface area contributed by atoms with Gasteiger partial charge in [-0.25, -0.2) is 0 Å². The summed E-state index contributed by atoms with van der Waals surface area (Å²) >= 11 is 0. The van der Waals surface area contributed by atoms with Crippen molar-refractivity contribution in [2.75, 3.05) is 6.61 Å². The molecule has 0 aromatic heterocycles. The van der Waals surface area contributed by atoms with Crippen molar-refractivity contribution >= 4 is 13.3 Å². The van der Waals surface area contributed by atoms with Crippen LogP contribution in [0.25, 0.3) is 0 Å². The van der Waals surface area contributed by atoms with Gasteiger partial charge in [-0.2, -0.15) is 0 Å². The number of aliphatic hydroxyl groups is 1. The lowest BCUT2D eigenvalue weighted by atomic mass is 9.97. The SMILES string of the molecule is [B]c1ccc(OCC(C)(C)O)cc1. The van der Waals surface area contributed by atoms with E-state index in [2.05, 4.69) is 0 Å². The molecule has 0 aliphatic heterocycles. The minimum absolute atomic E-state index is 0.275. The van der Waals surface area contributed by atoms with Crippen molar-refractivity contribution in [2.45, 2.75) is 19.4 Å². The fourth-order valence-corrected chi connectivity index (χ4v) is 0.824. The lowest BCUT2D eigenvalue weighted by molar-refractivity contribution is 0.0285. The van der Waals surface area contributed by atoms with Gasteiger partial charge in [-0.05, 0) is 26.0 Å². The maximum absolute atomic E-state index is 9.38. The van der Waals surface area contributed by atoms with E-state index in [1.807, 2.05) is 0 Å². The molecular weight excluding hydrogens is 163 g/mol. The summed E-state index contributed by atoms with van der Waals surface area (Å²) < 4.78 is 5.32. The average Bonchev–Trinajstić information content (AvgIpc) is 2.02. The highest BCUT2D eigenvalue weighted by atomic mass is 16.5. The summed E-state index contributed by atoms with van der Waals surface area (Å²) in [6.45, 7) is 3.67. The van der Waals surface area contributed by atoms with Gasteiger partial charge in [0, 0.05) is 0 Å². The lowest BCUT2D eigenvalue weighted by Gasteiger charge is -2.17. The van der Waals surface area contributed by atoms with Crippen LogP contribution in [0.3, 0.4) is 0 Å². The summed E-state index contributed by atoms with van der Waals surface area (Å²) in [5, 5.41) is 9.38.